The molecule has 0 N–H and O–H groups in total. The molecule has 0 aliphatic carbocycles. The standard InChI is InChI=1S/C10H14BrNO/c1-8(2)5-7-13-9-4-3-6-12-10(9)11/h3-4,6,8H,5,7H2,1-2H3. The first-order valence-corrected chi connectivity index (χ1v) is 5.22. The van der Waals surface area contributed by atoms with E-state index in [0.29, 0.717) is 5.92 Å². The molecule has 72 valence electrons. The van der Waals surface area contributed by atoms with Gasteiger partial charge in [-0.3, -0.25) is 0 Å². The molecule has 1 rings (SSSR count). The first-order valence-electron chi connectivity index (χ1n) is 4.43. The summed E-state index contributed by atoms with van der Waals surface area (Å²) in [6, 6.07) is 3.78. The summed E-state index contributed by atoms with van der Waals surface area (Å²) in [4.78, 5) is 4.07. The number of ether oxygens (including phenoxy) is 1. The lowest BCUT2D eigenvalue weighted by Gasteiger charge is -2.08. The first-order chi connectivity index (χ1) is 6.20. The van der Waals surface area contributed by atoms with Gasteiger partial charge in [-0.05, 0) is 40.4 Å². The van der Waals surface area contributed by atoms with Crippen LogP contribution in [0.4, 0.5) is 0 Å². The Labute approximate surface area is 87.5 Å². The van der Waals surface area contributed by atoms with Gasteiger partial charge in [0.1, 0.15) is 4.60 Å². The van der Waals surface area contributed by atoms with E-state index < -0.39 is 0 Å². The minimum atomic E-state index is 0.676. The molecule has 0 unspecified atom stereocenters. The maximum absolute atomic E-state index is 5.54. The van der Waals surface area contributed by atoms with Crippen molar-refractivity contribution in [2.45, 2.75) is 20.3 Å². The van der Waals surface area contributed by atoms with Gasteiger partial charge in [0.25, 0.3) is 0 Å². The fourth-order valence-electron chi connectivity index (χ4n) is 0.884. The highest BCUT2D eigenvalue weighted by Gasteiger charge is 2.00. The van der Waals surface area contributed by atoms with Gasteiger partial charge in [-0.1, -0.05) is 13.8 Å². The van der Waals surface area contributed by atoms with E-state index in [1.807, 2.05) is 12.1 Å². The summed E-state index contributed by atoms with van der Waals surface area (Å²) in [6.07, 6.45) is 2.81. The van der Waals surface area contributed by atoms with E-state index in [2.05, 4.69) is 34.8 Å². The maximum atomic E-state index is 5.54. The van der Waals surface area contributed by atoms with Crippen molar-refractivity contribution in [3.05, 3.63) is 22.9 Å². The Morgan fingerprint density at radius 3 is 2.92 bits per heavy atom. The van der Waals surface area contributed by atoms with E-state index in [4.69, 9.17) is 4.74 Å². The summed E-state index contributed by atoms with van der Waals surface area (Å²) < 4.78 is 6.31. The molecule has 0 radical (unpaired) electrons. The van der Waals surface area contributed by atoms with Crippen LogP contribution in [0.1, 0.15) is 20.3 Å². The summed E-state index contributed by atoms with van der Waals surface area (Å²) in [5.41, 5.74) is 0. The molecule has 0 atom stereocenters. The smallest absolute Gasteiger partial charge is 0.152 e. The van der Waals surface area contributed by atoms with Crippen LogP contribution in [0.3, 0.4) is 0 Å². The second-order valence-corrected chi connectivity index (χ2v) is 4.07. The van der Waals surface area contributed by atoms with Crippen molar-refractivity contribution < 1.29 is 4.74 Å². The predicted molar refractivity (Wildman–Crippen MR) is 56.9 cm³/mol. The Morgan fingerprint density at radius 2 is 2.31 bits per heavy atom. The summed E-state index contributed by atoms with van der Waals surface area (Å²) >= 11 is 3.33. The molecular weight excluding hydrogens is 230 g/mol. The van der Waals surface area contributed by atoms with E-state index in [-0.39, 0.29) is 0 Å². The molecule has 13 heavy (non-hydrogen) atoms. The second kappa shape index (κ2) is 5.22. The first kappa shape index (κ1) is 10.5. The molecule has 0 fully saturated rings. The lowest BCUT2D eigenvalue weighted by atomic mass is 10.1. The molecule has 3 heteroatoms. The van der Waals surface area contributed by atoms with Crippen LogP contribution in [0.2, 0.25) is 0 Å². The predicted octanol–water partition coefficient (Wildman–Crippen LogP) is 3.27. The molecule has 1 aromatic heterocycles. The van der Waals surface area contributed by atoms with Crippen LogP contribution in [-0.2, 0) is 0 Å². The number of nitrogens with zero attached hydrogens (tertiary/aromatic N) is 1. The highest BCUT2D eigenvalue weighted by molar-refractivity contribution is 9.10. The van der Waals surface area contributed by atoms with Crippen LogP contribution >= 0.6 is 15.9 Å². The van der Waals surface area contributed by atoms with E-state index in [9.17, 15) is 0 Å². The molecule has 0 aromatic carbocycles. The zero-order valence-corrected chi connectivity index (χ0v) is 9.54. The molecular formula is C10H14BrNO. The van der Waals surface area contributed by atoms with Crippen molar-refractivity contribution in [2.75, 3.05) is 6.61 Å². The van der Waals surface area contributed by atoms with Gasteiger partial charge in [0.2, 0.25) is 0 Å². The topological polar surface area (TPSA) is 22.1 Å². The zero-order chi connectivity index (χ0) is 9.68. The van der Waals surface area contributed by atoms with Crippen LogP contribution in [0.15, 0.2) is 22.9 Å². The Bertz CT molecular complexity index is 263. The van der Waals surface area contributed by atoms with Gasteiger partial charge in [0.15, 0.2) is 5.75 Å². The van der Waals surface area contributed by atoms with Crippen molar-refractivity contribution in [1.82, 2.24) is 4.98 Å². The number of hydrogen-bond acceptors (Lipinski definition) is 2. The second-order valence-electron chi connectivity index (χ2n) is 3.32. The van der Waals surface area contributed by atoms with Crippen LogP contribution in [0, 0.1) is 5.92 Å². The van der Waals surface area contributed by atoms with E-state index in [0.717, 1.165) is 23.4 Å². The summed E-state index contributed by atoms with van der Waals surface area (Å²) in [5, 5.41) is 0. The van der Waals surface area contributed by atoms with Crippen molar-refractivity contribution in [1.29, 1.82) is 0 Å². The number of pyridine rings is 1. The average Bonchev–Trinajstić information content (AvgIpc) is 2.08. The monoisotopic (exact) mass is 243 g/mol. The molecule has 0 bridgehead atoms. The Kier molecular flexibility index (Phi) is 4.22. The SMILES string of the molecule is CC(C)CCOc1cccnc1Br. The zero-order valence-electron chi connectivity index (χ0n) is 7.96. The minimum absolute atomic E-state index is 0.676. The molecule has 0 saturated carbocycles. The van der Waals surface area contributed by atoms with Crippen molar-refractivity contribution in [3.63, 3.8) is 0 Å². The van der Waals surface area contributed by atoms with Crippen LogP contribution < -0.4 is 4.74 Å². The van der Waals surface area contributed by atoms with Gasteiger partial charge >= 0.3 is 0 Å². The lowest BCUT2D eigenvalue weighted by Crippen LogP contribution is -2.01. The number of rotatable bonds is 4. The largest absolute Gasteiger partial charge is 0.491 e. The third-order valence-electron chi connectivity index (χ3n) is 1.68. The highest BCUT2D eigenvalue weighted by atomic mass is 79.9. The Balaban J connectivity index is 2.41. The molecule has 1 heterocycles. The number of aromatic nitrogens is 1. The quantitative estimate of drug-likeness (QED) is 0.758. The Hall–Kier alpha value is -0.570. The molecule has 2 nitrogen and oxygen atoms in total. The van der Waals surface area contributed by atoms with E-state index in [1.54, 1.807) is 6.20 Å². The van der Waals surface area contributed by atoms with Crippen molar-refractivity contribution in [3.8, 4) is 5.75 Å². The number of halogens is 1. The van der Waals surface area contributed by atoms with Gasteiger partial charge < -0.3 is 4.74 Å². The van der Waals surface area contributed by atoms with Crippen molar-refractivity contribution in [2.24, 2.45) is 5.92 Å². The normalized spacial score (nSPS) is 10.5. The fraction of sp³-hybridized carbons (Fsp3) is 0.500. The van der Waals surface area contributed by atoms with Crippen molar-refractivity contribution >= 4 is 15.9 Å². The summed E-state index contributed by atoms with van der Waals surface area (Å²) in [7, 11) is 0. The third kappa shape index (κ3) is 3.77. The highest BCUT2D eigenvalue weighted by Crippen LogP contribution is 2.21. The van der Waals surface area contributed by atoms with Gasteiger partial charge in [0.05, 0.1) is 6.61 Å². The van der Waals surface area contributed by atoms with Crippen LogP contribution in [0.5, 0.6) is 5.75 Å². The molecule has 0 amide bonds. The molecule has 0 spiro atoms. The Morgan fingerprint density at radius 1 is 1.54 bits per heavy atom. The van der Waals surface area contributed by atoms with Gasteiger partial charge in [-0.15, -0.1) is 0 Å². The molecule has 1 aromatic rings. The van der Waals surface area contributed by atoms with Crippen LogP contribution in [-0.4, -0.2) is 11.6 Å². The third-order valence-corrected chi connectivity index (χ3v) is 2.27. The van der Waals surface area contributed by atoms with E-state index >= 15 is 0 Å². The molecule has 0 saturated heterocycles. The van der Waals surface area contributed by atoms with Gasteiger partial charge in [-0.2, -0.15) is 0 Å². The lowest BCUT2D eigenvalue weighted by molar-refractivity contribution is 0.286. The summed E-state index contributed by atoms with van der Waals surface area (Å²) in [5.74, 6) is 1.50. The average molecular weight is 244 g/mol. The van der Waals surface area contributed by atoms with E-state index in [1.165, 1.54) is 0 Å². The maximum Gasteiger partial charge on any atom is 0.152 e. The fourth-order valence-corrected chi connectivity index (χ4v) is 1.25. The minimum Gasteiger partial charge on any atom is -0.491 e. The number of hydrogen-bond donors (Lipinski definition) is 0. The summed E-state index contributed by atoms with van der Waals surface area (Å²) in [6.45, 7) is 5.12. The van der Waals surface area contributed by atoms with Crippen LogP contribution in [0.25, 0.3) is 0 Å². The molecule has 0 aliphatic heterocycles. The van der Waals surface area contributed by atoms with Gasteiger partial charge in [-0.25, -0.2) is 4.98 Å². The molecule has 0 aliphatic rings. The van der Waals surface area contributed by atoms with Gasteiger partial charge in [0, 0.05) is 6.20 Å².